The molecular weight excluding hydrogens is 568 g/mol. The molecule has 3 atom stereocenters. The molecule has 236 valence electrons. The first-order valence-corrected chi connectivity index (χ1v) is 15.6. The monoisotopic (exact) mass is 610 g/mol. The smallest absolute Gasteiger partial charge is 0.318 e. The van der Waals surface area contributed by atoms with Gasteiger partial charge in [0, 0.05) is 57.5 Å². The fourth-order valence-electron chi connectivity index (χ4n) is 6.27. The van der Waals surface area contributed by atoms with E-state index in [1.807, 2.05) is 49.4 Å². The van der Waals surface area contributed by atoms with E-state index < -0.39 is 12.1 Å². The van der Waals surface area contributed by atoms with Crippen molar-refractivity contribution in [2.75, 3.05) is 19.6 Å². The standard InChI is InChI=1S/C36H42N4O5/c1-4-18-38(36(44)37-21-27-10-7-6-8-11-27)23-30-24-39(22-29-13-9-12-28-19-25(3)45-34(28)29)35(43)32(40(30)33(42)5-2)20-26-14-16-31(41)17-15-26/h4,6-17,25,30,32,41H,1,5,18-24H2,2-3H3,(H,37,44)/t25?,30-,32-/m0/s1. The van der Waals surface area contributed by atoms with Crippen LogP contribution in [0.2, 0.25) is 0 Å². The number of nitrogens with one attached hydrogen (secondary N) is 1. The maximum atomic E-state index is 14.3. The summed E-state index contributed by atoms with van der Waals surface area (Å²) in [7, 11) is 0. The van der Waals surface area contributed by atoms with Crippen molar-refractivity contribution in [3.63, 3.8) is 0 Å². The molecule has 0 aromatic heterocycles. The largest absolute Gasteiger partial charge is 0.508 e. The Morgan fingerprint density at radius 1 is 1.07 bits per heavy atom. The molecule has 0 spiro atoms. The van der Waals surface area contributed by atoms with Crippen molar-refractivity contribution < 1.29 is 24.2 Å². The van der Waals surface area contributed by atoms with Gasteiger partial charge in [-0.05, 0) is 35.7 Å². The summed E-state index contributed by atoms with van der Waals surface area (Å²) in [5.74, 6) is 0.639. The maximum absolute atomic E-state index is 14.3. The second-order valence-electron chi connectivity index (χ2n) is 11.8. The number of aromatic hydroxyl groups is 1. The number of phenols is 1. The summed E-state index contributed by atoms with van der Waals surface area (Å²) in [4.78, 5) is 46.5. The number of para-hydroxylation sites is 1. The SMILES string of the molecule is C=CCN(C[C@H]1CN(Cc2cccc3c2OC(C)C3)C(=O)[C@H](Cc2ccc(O)cc2)N1C(=O)CC)C(=O)NCc1ccccc1. The van der Waals surface area contributed by atoms with Crippen LogP contribution >= 0.6 is 0 Å². The number of urea groups is 1. The van der Waals surface area contributed by atoms with Crippen LogP contribution in [0.5, 0.6) is 11.5 Å². The number of nitrogens with zero attached hydrogens (tertiary/aromatic N) is 3. The number of rotatable bonds is 11. The lowest BCUT2D eigenvalue weighted by molar-refractivity contribution is -0.157. The average Bonchev–Trinajstić information content (AvgIpc) is 3.44. The molecule has 2 heterocycles. The van der Waals surface area contributed by atoms with Gasteiger partial charge in [-0.1, -0.05) is 73.7 Å². The lowest BCUT2D eigenvalue weighted by Gasteiger charge is -2.47. The summed E-state index contributed by atoms with van der Waals surface area (Å²) in [5.41, 5.74) is 3.84. The lowest BCUT2D eigenvalue weighted by atomic mass is 9.96. The number of benzene rings is 3. The molecule has 0 saturated carbocycles. The van der Waals surface area contributed by atoms with E-state index in [0.717, 1.165) is 34.4 Å². The molecule has 3 aromatic carbocycles. The highest BCUT2D eigenvalue weighted by molar-refractivity contribution is 5.89. The number of piperazine rings is 1. The molecule has 5 rings (SSSR count). The molecular formula is C36H42N4O5. The molecule has 2 aliphatic rings. The molecule has 9 heteroatoms. The fourth-order valence-corrected chi connectivity index (χ4v) is 6.27. The second-order valence-corrected chi connectivity index (χ2v) is 11.8. The van der Waals surface area contributed by atoms with Crippen LogP contribution in [-0.4, -0.2) is 75.5 Å². The van der Waals surface area contributed by atoms with Gasteiger partial charge >= 0.3 is 6.03 Å². The summed E-state index contributed by atoms with van der Waals surface area (Å²) in [6.07, 6.45) is 3.04. The number of carbonyl (C=O) groups is 3. The Balaban J connectivity index is 1.45. The highest BCUT2D eigenvalue weighted by Crippen LogP contribution is 2.34. The molecule has 1 saturated heterocycles. The van der Waals surface area contributed by atoms with Gasteiger partial charge < -0.3 is 29.9 Å². The van der Waals surface area contributed by atoms with Crippen LogP contribution in [0.3, 0.4) is 0 Å². The summed E-state index contributed by atoms with van der Waals surface area (Å²) in [6, 6.07) is 20.9. The number of phenolic OH excluding ortho intramolecular Hbond substituents is 1. The molecule has 9 nitrogen and oxygen atoms in total. The summed E-state index contributed by atoms with van der Waals surface area (Å²) < 4.78 is 6.14. The zero-order chi connectivity index (χ0) is 31.9. The third kappa shape index (κ3) is 7.48. The van der Waals surface area contributed by atoms with Crippen LogP contribution in [0.1, 0.15) is 42.5 Å². The van der Waals surface area contributed by atoms with Crippen molar-refractivity contribution in [1.82, 2.24) is 20.0 Å². The first kappa shape index (κ1) is 31.6. The van der Waals surface area contributed by atoms with Crippen molar-refractivity contribution >= 4 is 17.8 Å². The normalized spacial score (nSPS) is 19.1. The minimum Gasteiger partial charge on any atom is -0.508 e. The Labute approximate surface area is 265 Å². The number of amides is 4. The Kier molecular flexibility index (Phi) is 10.1. The van der Waals surface area contributed by atoms with E-state index in [1.165, 1.54) is 0 Å². The molecule has 4 amide bonds. The van der Waals surface area contributed by atoms with E-state index in [4.69, 9.17) is 4.74 Å². The van der Waals surface area contributed by atoms with Gasteiger partial charge in [0.05, 0.1) is 6.04 Å². The predicted molar refractivity (Wildman–Crippen MR) is 173 cm³/mol. The van der Waals surface area contributed by atoms with Gasteiger partial charge in [0.25, 0.3) is 0 Å². The maximum Gasteiger partial charge on any atom is 0.318 e. The van der Waals surface area contributed by atoms with Gasteiger partial charge in [-0.25, -0.2) is 4.79 Å². The van der Waals surface area contributed by atoms with Crippen LogP contribution in [0.25, 0.3) is 0 Å². The van der Waals surface area contributed by atoms with E-state index in [-0.39, 0.29) is 62.2 Å². The third-order valence-electron chi connectivity index (χ3n) is 8.43. The van der Waals surface area contributed by atoms with E-state index in [2.05, 4.69) is 18.0 Å². The van der Waals surface area contributed by atoms with Crippen LogP contribution in [-0.2, 0) is 35.5 Å². The zero-order valence-corrected chi connectivity index (χ0v) is 26.0. The molecule has 2 N–H and O–H groups in total. The fraction of sp³-hybridized carbons (Fsp3) is 0.361. The summed E-state index contributed by atoms with van der Waals surface area (Å²) >= 11 is 0. The third-order valence-corrected chi connectivity index (χ3v) is 8.43. The lowest BCUT2D eigenvalue weighted by Crippen LogP contribution is -2.66. The summed E-state index contributed by atoms with van der Waals surface area (Å²) in [6.45, 7) is 9.12. The molecule has 2 aliphatic heterocycles. The van der Waals surface area contributed by atoms with Crippen molar-refractivity contribution in [2.45, 2.75) is 64.4 Å². The molecule has 0 bridgehead atoms. The van der Waals surface area contributed by atoms with Crippen molar-refractivity contribution in [1.29, 1.82) is 0 Å². The first-order valence-electron chi connectivity index (χ1n) is 15.6. The second kappa shape index (κ2) is 14.3. The van der Waals surface area contributed by atoms with E-state index >= 15 is 0 Å². The van der Waals surface area contributed by atoms with Gasteiger partial charge in [-0.15, -0.1) is 6.58 Å². The molecule has 3 aromatic rings. The molecule has 0 aliphatic carbocycles. The number of carbonyl (C=O) groups excluding carboxylic acids is 3. The molecule has 1 fully saturated rings. The average molecular weight is 611 g/mol. The minimum atomic E-state index is -0.782. The molecule has 0 radical (unpaired) electrons. The van der Waals surface area contributed by atoms with Crippen molar-refractivity contribution in [2.24, 2.45) is 0 Å². The quantitative estimate of drug-likeness (QED) is 0.307. The topological polar surface area (TPSA) is 102 Å². The minimum absolute atomic E-state index is 0.0627. The van der Waals surface area contributed by atoms with Crippen LogP contribution in [0, 0.1) is 0 Å². The Bertz CT molecular complexity index is 1510. The van der Waals surface area contributed by atoms with E-state index in [9.17, 15) is 19.5 Å². The Hall–Kier alpha value is -4.79. The van der Waals surface area contributed by atoms with Crippen LogP contribution in [0.15, 0.2) is 85.5 Å². The Morgan fingerprint density at radius 2 is 1.82 bits per heavy atom. The van der Waals surface area contributed by atoms with Crippen molar-refractivity contribution in [3.8, 4) is 11.5 Å². The predicted octanol–water partition coefficient (Wildman–Crippen LogP) is 4.67. The summed E-state index contributed by atoms with van der Waals surface area (Å²) in [5, 5.41) is 12.8. The van der Waals surface area contributed by atoms with Crippen molar-refractivity contribution in [3.05, 3.63) is 108 Å². The van der Waals surface area contributed by atoms with Crippen LogP contribution < -0.4 is 10.1 Å². The van der Waals surface area contributed by atoms with Gasteiger partial charge in [-0.3, -0.25) is 9.59 Å². The van der Waals surface area contributed by atoms with E-state index in [0.29, 0.717) is 13.1 Å². The van der Waals surface area contributed by atoms with Gasteiger partial charge in [0.2, 0.25) is 11.8 Å². The van der Waals surface area contributed by atoms with E-state index in [1.54, 1.807) is 52.0 Å². The first-order chi connectivity index (χ1) is 21.8. The number of hydrogen-bond acceptors (Lipinski definition) is 5. The van der Waals surface area contributed by atoms with Gasteiger partial charge in [0.1, 0.15) is 23.6 Å². The highest BCUT2D eigenvalue weighted by Gasteiger charge is 2.44. The van der Waals surface area contributed by atoms with Gasteiger partial charge in [-0.2, -0.15) is 0 Å². The zero-order valence-electron chi connectivity index (χ0n) is 26.0. The van der Waals surface area contributed by atoms with Crippen LogP contribution in [0.4, 0.5) is 4.79 Å². The van der Waals surface area contributed by atoms with Gasteiger partial charge in [0.15, 0.2) is 0 Å². The molecule has 1 unspecified atom stereocenters. The highest BCUT2D eigenvalue weighted by atomic mass is 16.5. The number of hydrogen-bond donors (Lipinski definition) is 2. The molecule has 45 heavy (non-hydrogen) atoms. The number of ether oxygens (including phenoxy) is 1. The Morgan fingerprint density at radius 3 is 2.53 bits per heavy atom. The number of fused-ring (bicyclic) bond motifs is 1.